The molecule has 1 atom stereocenters. The van der Waals surface area contributed by atoms with E-state index in [0.717, 1.165) is 0 Å². The van der Waals surface area contributed by atoms with Crippen LogP contribution in [0.2, 0.25) is 39.3 Å². The van der Waals surface area contributed by atoms with E-state index in [-0.39, 0.29) is 0 Å². The highest BCUT2D eigenvalue weighted by molar-refractivity contribution is 7.80. The van der Waals surface area contributed by atoms with Crippen molar-refractivity contribution in [2.45, 2.75) is 39.3 Å². The molecule has 0 aromatic rings. The topological polar surface area (TPSA) is 40.5 Å². The van der Waals surface area contributed by atoms with Crippen molar-refractivity contribution in [3.63, 3.8) is 0 Å². The quantitative estimate of drug-likeness (QED) is 0.590. The summed E-state index contributed by atoms with van der Waals surface area (Å²) in [5.74, 6) is 0. The van der Waals surface area contributed by atoms with Crippen LogP contribution >= 0.6 is 0 Å². The van der Waals surface area contributed by atoms with Crippen molar-refractivity contribution in [2.75, 3.05) is 0 Å². The maximum atomic E-state index is 11.1. The highest BCUT2D eigenvalue weighted by atomic mass is 32.2. The first-order valence-electron chi connectivity index (χ1n) is 3.98. The molecule has 12 heavy (non-hydrogen) atoms. The van der Waals surface area contributed by atoms with E-state index in [1.165, 1.54) is 0 Å². The van der Waals surface area contributed by atoms with Crippen LogP contribution in [0.15, 0.2) is 0 Å². The lowest BCUT2D eigenvalue weighted by Gasteiger charge is -2.39. The molecule has 3 nitrogen and oxygen atoms in total. The standard InChI is InChI=1S/C6H19NO2SSi2/c1-11(2,3)7(10(8)9)12(4,5)6/h1-6H3,(H,8,9). The molecule has 0 rings (SSSR count). The zero-order valence-electron chi connectivity index (χ0n) is 8.71. The summed E-state index contributed by atoms with van der Waals surface area (Å²) in [4.78, 5) is 0. The molecular formula is C6H19NO2SSi2. The van der Waals surface area contributed by atoms with Crippen molar-refractivity contribution >= 4 is 27.7 Å². The maximum Gasteiger partial charge on any atom is 0.221 e. The van der Waals surface area contributed by atoms with Gasteiger partial charge in [-0.3, -0.25) is 4.55 Å². The minimum absolute atomic E-state index is 1.64. The summed E-state index contributed by atoms with van der Waals surface area (Å²) in [5.41, 5.74) is 0. The summed E-state index contributed by atoms with van der Waals surface area (Å²) in [6.45, 7) is 12.6. The molecule has 0 aliphatic carbocycles. The van der Waals surface area contributed by atoms with Crippen LogP contribution in [0.1, 0.15) is 0 Å². The van der Waals surface area contributed by atoms with E-state index in [0.29, 0.717) is 0 Å². The third kappa shape index (κ3) is 3.48. The van der Waals surface area contributed by atoms with E-state index in [2.05, 4.69) is 39.3 Å². The van der Waals surface area contributed by atoms with Gasteiger partial charge in [-0.2, -0.15) is 0 Å². The maximum absolute atomic E-state index is 11.1. The van der Waals surface area contributed by atoms with Gasteiger partial charge < -0.3 is 0 Å². The molecule has 0 aromatic heterocycles. The van der Waals surface area contributed by atoms with E-state index in [1.807, 2.05) is 3.64 Å². The Morgan fingerprint density at radius 3 is 1.25 bits per heavy atom. The Kier molecular flexibility index (Phi) is 3.86. The predicted octanol–water partition coefficient (Wildman–Crippen LogP) is 2.09. The molecule has 0 fully saturated rings. The molecule has 1 unspecified atom stereocenters. The molecule has 0 amide bonds. The van der Waals surface area contributed by atoms with Crippen LogP contribution in [-0.2, 0) is 11.3 Å². The number of nitrogens with zero attached hydrogens (tertiary/aromatic N) is 1. The predicted molar refractivity (Wildman–Crippen MR) is 59.3 cm³/mol. The van der Waals surface area contributed by atoms with Crippen LogP contribution in [0.25, 0.3) is 0 Å². The second-order valence-corrected chi connectivity index (χ2v) is 16.4. The largest absolute Gasteiger partial charge is 0.295 e. The summed E-state index contributed by atoms with van der Waals surface area (Å²) in [5, 5.41) is 0. The van der Waals surface area contributed by atoms with Gasteiger partial charge >= 0.3 is 0 Å². The lowest BCUT2D eigenvalue weighted by atomic mass is 11.8. The van der Waals surface area contributed by atoms with Crippen molar-refractivity contribution in [3.05, 3.63) is 0 Å². The zero-order chi connectivity index (χ0) is 10.2. The molecule has 6 heteroatoms. The van der Waals surface area contributed by atoms with Crippen LogP contribution in [0.4, 0.5) is 0 Å². The molecule has 0 heterocycles. The molecule has 0 radical (unpaired) electrons. The normalized spacial score (nSPS) is 16.7. The van der Waals surface area contributed by atoms with Crippen LogP contribution in [0.5, 0.6) is 0 Å². The fraction of sp³-hybridized carbons (Fsp3) is 1.00. The average molecular weight is 225 g/mol. The van der Waals surface area contributed by atoms with Gasteiger partial charge in [0.1, 0.15) is 16.5 Å². The van der Waals surface area contributed by atoms with Crippen molar-refractivity contribution in [1.29, 1.82) is 0 Å². The minimum Gasteiger partial charge on any atom is -0.295 e. The Bertz CT molecular complexity index is 171. The summed E-state index contributed by atoms with van der Waals surface area (Å²) < 4.78 is 22.1. The molecule has 1 N–H and O–H groups in total. The Labute approximate surface area is 79.8 Å². The van der Waals surface area contributed by atoms with E-state index >= 15 is 0 Å². The summed E-state index contributed by atoms with van der Waals surface area (Å²) in [7, 11) is -3.28. The van der Waals surface area contributed by atoms with Crippen LogP contribution in [-0.4, -0.2) is 28.9 Å². The summed E-state index contributed by atoms with van der Waals surface area (Å²) in [6, 6.07) is 0. The fourth-order valence-electron chi connectivity index (χ4n) is 1.47. The van der Waals surface area contributed by atoms with Gasteiger partial charge in [-0.15, -0.1) is 0 Å². The van der Waals surface area contributed by atoms with Crippen molar-refractivity contribution in [1.82, 2.24) is 3.64 Å². The molecule has 0 aromatic carbocycles. The zero-order valence-corrected chi connectivity index (χ0v) is 11.5. The Morgan fingerprint density at radius 2 is 1.25 bits per heavy atom. The van der Waals surface area contributed by atoms with E-state index in [4.69, 9.17) is 4.55 Å². The molecule has 0 saturated heterocycles. The highest BCUT2D eigenvalue weighted by Gasteiger charge is 2.38. The van der Waals surface area contributed by atoms with Crippen LogP contribution < -0.4 is 0 Å². The first-order chi connectivity index (χ1) is 5.07. The lowest BCUT2D eigenvalue weighted by molar-refractivity contribution is 0.538. The van der Waals surface area contributed by atoms with Gasteiger partial charge in [0.25, 0.3) is 0 Å². The molecule has 0 saturated carbocycles. The first kappa shape index (κ1) is 12.5. The Morgan fingerprint density at radius 1 is 1.00 bits per heavy atom. The van der Waals surface area contributed by atoms with Crippen LogP contribution in [0.3, 0.4) is 0 Å². The third-order valence-corrected chi connectivity index (χ3v) is 12.4. The lowest BCUT2D eigenvalue weighted by Crippen LogP contribution is -2.59. The fourth-order valence-corrected chi connectivity index (χ4v) is 13.3. The SMILES string of the molecule is C[Si](C)(C)N(S(=O)O)[Si](C)(C)C. The van der Waals surface area contributed by atoms with E-state index in [9.17, 15) is 4.21 Å². The average Bonchev–Trinajstić information content (AvgIpc) is 1.49. The Balaban J connectivity index is 4.82. The Hall–Kier alpha value is 0.504. The second-order valence-electron chi connectivity index (χ2n) is 4.87. The van der Waals surface area contributed by atoms with Gasteiger partial charge in [-0.1, -0.05) is 39.3 Å². The van der Waals surface area contributed by atoms with Gasteiger partial charge in [-0.25, -0.2) is 7.85 Å². The second kappa shape index (κ2) is 3.71. The summed E-state index contributed by atoms with van der Waals surface area (Å²) in [6.07, 6.45) is 0. The third-order valence-electron chi connectivity index (χ3n) is 1.37. The number of hydrogen-bond donors (Lipinski definition) is 1. The van der Waals surface area contributed by atoms with Gasteiger partial charge in [0.2, 0.25) is 11.3 Å². The number of hydrogen-bond acceptors (Lipinski definition) is 1. The summed E-state index contributed by atoms with van der Waals surface area (Å²) >= 11 is -1.79. The monoisotopic (exact) mass is 225 g/mol. The molecular weight excluding hydrogens is 206 g/mol. The van der Waals surface area contributed by atoms with Crippen LogP contribution in [0, 0.1) is 0 Å². The molecule has 0 spiro atoms. The van der Waals surface area contributed by atoms with Gasteiger partial charge in [0.15, 0.2) is 0 Å². The smallest absolute Gasteiger partial charge is 0.221 e. The number of rotatable bonds is 3. The van der Waals surface area contributed by atoms with Crippen molar-refractivity contribution in [2.24, 2.45) is 0 Å². The van der Waals surface area contributed by atoms with E-state index < -0.39 is 27.7 Å². The van der Waals surface area contributed by atoms with Gasteiger partial charge in [0, 0.05) is 0 Å². The molecule has 0 bridgehead atoms. The molecule has 0 aliphatic rings. The molecule has 74 valence electrons. The highest BCUT2D eigenvalue weighted by Crippen LogP contribution is 2.20. The van der Waals surface area contributed by atoms with E-state index in [1.54, 1.807) is 0 Å². The first-order valence-corrected chi connectivity index (χ1v) is 11.9. The van der Waals surface area contributed by atoms with Gasteiger partial charge in [0.05, 0.1) is 0 Å². The van der Waals surface area contributed by atoms with Crippen molar-refractivity contribution < 1.29 is 8.76 Å². The molecule has 0 aliphatic heterocycles. The van der Waals surface area contributed by atoms with Gasteiger partial charge in [-0.05, 0) is 0 Å². The minimum atomic E-state index is -1.79. The van der Waals surface area contributed by atoms with Crippen molar-refractivity contribution in [3.8, 4) is 0 Å².